The first kappa shape index (κ1) is 15.0. The Balaban J connectivity index is 1.55. The summed E-state index contributed by atoms with van der Waals surface area (Å²) in [5.41, 5.74) is 4.56. The highest BCUT2D eigenvalue weighted by molar-refractivity contribution is 5.89. The molecule has 0 aliphatic carbocycles. The number of nitrogens with zero attached hydrogens (tertiary/aromatic N) is 3. The number of aromatic nitrogens is 2. The van der Waals surface area contributed by atoms with Crippen molar-refractivity contribution in [2.24, 2.45) is 0 Å². The molecule has 1 fully saturated rings. The molecule has 1 N–H and O–H groups in total. The number of piperazine rings is 1. The molecular weight excluding hydrogens is 296 g/mol. The largest absolute Gasteiger partial charge is 0.369 e. The zero-order valence-corrected chi connectivity index (χ0v) is 13.9. The highest BCUT2D eigenvalue weighted by Crippen LogP contribution is 2.21. The lowest BCUT2D eigenvalue weighted by molar-refractivity contribution is 0.313. The van der Waals surface area contributed by atoms with E-state index < -0.39 is 0 Å². The van der Waals surface area contributed by atoms with E-state index in [1.165, 1.54) is 11.3 Å². The number of fused-ring (bicyclic) bond motifs is 1. The second-order valence-corrected chi connectivity index (χ2v) is 6.37. The Morgan fingerprint density at radius 2 is 1.79 bits per heavy atom. The summed E-state index contributed by atoms with van der Waals surface area (Å²) < 4.78 is 0. The Morgan fingerprint density at radius 1 is 0.958 bits per heavy atom. The first-order chi connectivity index (χ1) is 11.8. The van der Waals surface area contributed by atoms with E-state index in [4.69, 9.17) is 0 Å². The van der Waals surface area contributed by atoms with Gasteiger partial charge in [-0.3, -0.25) is 5.10 Å². The number of likely N-dealkylation sites (N-methyl/N-ethyl adjacent to an activating group) is 1. The number of H-pyrrole nitrogens is 1. The van der Waals surface area contributed by atoms with Crippen LogP contribution in [0.3, 0.4) is 0 Å². The number of rotatable bonds is 3. The third kappa shape index (κ3) is 3.05. The summed E-state index contributed by atoms with van der Waals surface area (Å²) in [5.74, 6) is 0. The van der Waals surface area contributed by atoms with Crippen molar-refractivity contribution >= 4 is 28.7 Å². The number of benzene rings is 2. The zero-order chi connectivity index (χ0) is 16.4. The van der Waals surface area contributed by atoms with Gasteiger partial charge in [-0.15, -0.1) is 0 Å². The molecule has 0 saturated carbocycles. The third-order valence-corrected chi connectivity index (χ3v) is 4.67. The first-order valence-corrected chi connectivity index (χ1v) is 8.44. The topological polar surface area (TPSA) is 35.2 Å². The van der Waals surface area contributed by atoms with Gasteiger partial charge in [-0.25, -0.2) is 0 Å². The average Bonchev–Trinajstić information content (AvgIpc) is 3.04. The summed E-state index contributed by atoms with van der Waals surface area (Å²) >= 11 is 0. The van der Waals surface area contributed by atoms with Gasteiger partial charge in [0.15, 0.2) is 0 Å². The molecule has 1 aromatic heterocycles. The summed E-state index contributed by atoms with van der Waals surface area (Å²) in [6.45, 7) is 4.43. The quantitative estimate of drug-likeness (QED) is 0.803. The first-order valence-electron chi connectivity index (χ1n) is 8.44. The second kappa shape index (κ2) is 6.49. The molecule has 24 heavy (non-hydrogen) atoms. The number of nitrogens with one attached hydrogen (secondary N) is 1. The Hall–Kier alpha value is -2.59. The van der Waals surface area contributed by atoms with Crippen LogP contribution in [0.1, 0.15) is 11.3 Å². The lowest BCUT2D eigenvalue weighted by Crippen LogP contribution is -2.44. The van der Waals surface area contributed by atoms with E-state index in [1.807, 2.05) is 18.2 Å². The van der Waals surface area contributed by atoms with Crippen molar-refractivity contribution in [1.29, 1.82) is 0 Å². The van der Waals surface area contributed by atoms with Crippen molar-refractivity contribution in [3.63, 3.8) is 0 Å². The zero-order valence-electron chi connectivity index (χ0n) is 13.9. The van der Waals surface area contributed by atoms with Gasteiger partial charge in [-0.1, -0.05) is 36.4 Å². The van der Waals surface area contributed by atoms with Gasteiger partial charge in [-0.05, 0) is 36.9 Å². The molecule has 4 heteroatoms. The Labute approximate surface area is 142 Å². The maximum absolute atomic E-state index is 4.40. The van der Waals surface area contributed by atoms with Crippen LogP contribution < -0.4 is 4.90 Å². The van der Waals surface area contributed by atoms with Gasteiger partial charge in [0.1, 0.15) is 0 Å². The molecule has 1 aliphatic rings. The van der Waals surface area contributed by atoms with Crippen LogP contribution in [-0.4, -0.2) is 48.3 Å². The van der Waals surface area contributed by atoms with Crippen LogP contribution >= 0.6 is 0 Å². The van der Waals surface area contributed by atoms with Gasteiger partial charge in [0.2, 0.25) is 0 Å². The second-order valence-electron chi connectivity index (χ2n) is 6.37. The van der Waals surface area contributed by atoms with E-state index in [0.717, 1.165) is 42.8 Å². The molecule has 0 unspecified atom stereocenters. The van der Waals surface area contributed by atoms with E-state index in [0.29, 0.717) is 0 Å². The van der Waals surface area contributed by atoms with Crippen molar-refractivity contribution in [1.82, 2.24) is 15.1 Å². The number of para-hydroxylation sites is 1. The monoisotopic (exact) mass is 318 g/mol. The normalized spacial score (nSPS) is 16.3. The standard InChI is InChI=1S/C20H22N4/c1-23-11-13-24(14-12-23)17-6-4-5-16(15-17)9-10-20-18-7-2-3-8-19(18)21-22-20/h2-10,15H,11-14H2,1H3,(H,21,22). The number of aromatic amines is 1. The fourth-order valence-electron chi connectivity index (χ4n) is 3.18. The van der Waals surface area contributed by atoms with Crippen molar-refractivity contribution in [2.45, 2.75) is 0 Å². The Bertz CT molecular complexity index is 857. The Kier molecular flexibility index (Phi) is 4.05. The number of anilines is 1. The molecule has 1 aliphatic heterocycles. The molecule has 3 aromatic rings. The maximum atomic E-state index is 4.40. The van der Waals surface area contributed by atoms with Crippen molar-refractivity contribution in [3.8, 4) is 0 Å². The minimum absolute atomic E-state index is 0.982. The van der Waals surface area contributed by atoms with Crippen LogP contribution in [0.4, 0.5) is 5.69 Å². The molecule has 0 radical (unpaired) electrons. The summed E-state index contributed by atoms with van der Waals surface area (Å²) in [7, 11) is 2.19. The maximum Gasteiger partial charge on any atom is 0.0927 e. The van der Waals surface area contributed by atoms with E-state index in [1.54, 1.807) is 0 Å². The highest BCUT2D eigenvalue weighted by atomic mass is 15.2. The van der Waals surface area contributed by atoms with Crippen molar-refractivity contribution < 1.29 is 0 Å². The molecule has 0 bridgehead atoms. The summed E-state index contributed by atoms with van der Waals surface area (Å²) in [5, 5.41) is 8.64. The fraction of sp³-hybridized carbons (Fsp3) is 0.250. The van der Waals surface area contributed by atoms with Crippen LogP contribution in [0.25, 0.3) is 23.1 Å². The minimum atomic E-state index is 0.982. The van der Waals surface area contributed by atoms with Gasteiger partial charge in [-0.2, -0.15) is 5.10 Å². The molecule has 4 nitrogen and oxygen atoms in total. The molecule has 122 valence electrons. The van der Waals surface area contributed by atoms with E-state index in [-0.39, 0.29) is 0 Å². The third-order valence-electron chi connectivity index (χ3n) is 4.67. The number of hydrogen-bond donors (Lipinski definition) is 1. The minimum Gasteiger partial charge on any atom is -0.369 e. The van der Waals surface area contributed by atoms with Crippen LogP contribution in [0.15, 0.2) is 48.5 Å². The predicted molar refractivity (Wildman–Crippen MR) is 101 cm³/mol. The SMILES string of the molecule is CN1CCN(c2cccc(C=Cc3n[nH]c4ccccc34)c2)CC1. The molecule has 0 amide bonds. The molecule has 2 heterocycles. The smallest absolute Gasteiger partial charge is 0.0927 e. The van der Waals surface area contributed by atoms with Crippen LogP contribution in [0.2, 0.25) is 0 Å². The molecule has 2 aromatic carbocycles. The Morgan fingerprint density at radius 3 is 2.67 bits per heavy atom. The lowest BCUT2D eigenvalue weighted by Gasteiger charge is -2.34. The summed E-state index contributed by atoms with van der Waals surface area (Å²) in [6.07, 6.45) is 4.23. The molecule has 0 spiro atoms. The fourth-order valence-corrected chi connectivity index (χ4v) is 3.18. The summed E-state index contributed by atoms with van der Waals surface area (Å²) in [4.78, 5) is 4.84. The predicted octanol–water partition coefficient (Wildman–Crippen LogP) is 3.49. The lowest BCUT2D eigenvalue weighted by atomic mass is 10.1. The molecule has 4 rings (SSSR count). The van der Waals surface area contributed by atoms with Gasteiger partial charge >= 0.3 is 0 Å². The van der Waals surface area contributed by atoms with Crippen LogP contribution in [0, 0.1) is 0 Å². The van der Waals surface area contributed by atoms with Gasteiger partial charge in [0.25, 0.3) is 0 Å². The van der Waals surface area contributed by atoms with Crippen LogP contribution in [-0.2, 0) is 0 Å². The molecule has 0 atom stereocenters. The molecule has 1 saturated heterocycles. The van der Waals surface area contributed by atoms with Crippen molar-refractivity contribution in [2.75, 3.05) is 38.1 Å². The van der Waals surface area contributed by atoms with Crippen molar-refractivity contribution in [3.05, 3.63) is 59.8 Å². The summed E-state index contributed by atoms with van der Waals surface area (Å²) in [6, 6.07) is 17.0. The average molecular weight is 318 g/mol. The van der Waals surface area contributed by atoms with Gasteiger partial charge in [0.05, 0.1) is 11.2 Å². The van der Waals surface area contributed by atoms with E-state index >= 15 is 0 Å². The van der Waals surface area contributed by atoms with Gasteiger partial charge in [0, 0.05) is 37.3 Å². The highest BCUT2D eigenvalue weighted by Gasteiger charge is 2.14. The molecular formula is C20H22N4. The van der Waals surface area contributed by atoms with Crippen LogP contribution in [0.5, 0.6) is 0 Å². The number of hydrogen-bond acceptors (Lipinski definition) is 3. The van der Waals surface area contributed by atoms with E-state index in [2.05, 4.69) is 69.5 Å². The van der Waals surface area contributed by atoms with Gasteiger partial charge < -0.3 is 9.80 Å². The van der Waals surface area contributed by atoms with E-state index in [9.17, 15) is 0 Å².